The van der Waals surface area contributed by atoms with Crippen LogP contribution in [0.15, 0.2) is 42.5 Å². The summed E-state index contributed by atoms with van der Waals surface area (Å²) in [5.74, 6) is 5.64. The molecule has 74 valence electrons. The van der Waals surface area contributed by atoms with Gasteiger partial charge in [-0.25, -0.2) is 5.84 Å². The van der Waals surface area contributed by atoms with Crippen molar-refractivity contribution in [3.63, 3.8) is 0 Å². The minimum atomic E-state index is 0. The van der Waals surface area contributed by atoms with Crippen LogP contribution in [0.25, 0.3) is 10.8 Å². The second-order valence-electron chi connectivity index (χ2n) is 3.14. The van der Waals surface area contributed by atoms with Crippen molar-refractivity contribution in [1.82, 2.24) is 0 Å². The average molecular weight is 209 g/mol. The quantitative estimate of drug-likeness (QED) is 0.577. The molecule has 0 saturated carbocycles. The lowest BCUT2D eigenvalue weighted by molar-refractivity contribution is 1.02. The van der Waals surface area contributed by atoms with Crippen LogP contribution >= 0.6 is 12.4 Å². The van der Waals surface area contributed by atoms with Crippen LogP contribution in [0.4, 0.5) is 5.69 Å². The molecule has 0 aromatic heterocycles. The molecule has 2 aromatic rings. The molecule has 0 unspecified atom stereocenters. The lowest BCUT2D eigenvalue weighted by Crippen LogP contribution is -2.24. The summed E-state index contributed by atoms with van der Waals surface area (Å²) < 4.78 is 0. The zero-order valence-electron chi connectivity index (χ0n) is 7.97. The molecule has 0 radical (unpaired) electrons. The maximum Gasteiger partial charge on any atom is 0.0520 e. The van der Waals surface area contributed by atoms with Gasteiger partial charge in [0, 0.05) is 7.05 Å². The zero-order chi connectivity index (χ0) is 9.26. The number of rotatable bonds is 1. The van der Waals surface area contributed by atoms with E-state index in [2.05, 4.69) is 24.3 Å². The molecule has 0 bridgehead atoms. The van der Waals surface area contributed by atoms with Crippen molar-refractivity contribution >= 4 is 28.9 Å². The molecule has 2 nitrogen and oxygen atoms in total. The van der Waals surface area contributed by atoms with Crippen LogP contribution in [0.2, 0.25) is 0 Å². The molecule has 0 aliphatic carbocycles. The van der Waals surface area contributed by atoms with Crippen LogP contribution in [-0.4, -0.2) is 7.05 Å². The number of fused-ring (bicyclic) bond motifs is 1. The van der Waals surface area contributed by atoms with Crippen LogP contribution in [0.3, 0.4) is 0 Å². The molecule has 2 N–H and O–H groups in total. The molecule has 0 aliphatic rings. The van der Waals surface area contributed by atoms with E-state index >= 15 is 0 Å². The largest absolute Gasteiger partial charge is 0.314 e. The summed E-state index contributed by atoms with van der Waals surface area (Å²) >= 11 is 0. The Bertz CT molecular complexity index is 426. The number of anilines is 1. The van der Waals surface area contributed by atoms with Gasteiger partial charge in [-0.3, -0.25) is 0 Å². The molecule has 2 aromatic carbocycles. The molecule has 0 spiro atoms. The molecule has 0 amide bonds. The van der Waals surface area contributed by atoms with Gasteiger partial charge in [-0.15, -0.1) is 12.4 Å². The highest BCUT2D eigenvalue weighted by Gasteiger charge is 1.96. The minimum absolute atomic E-state index is 0. The van der Waals surface area contributed by atoms with Crippen LogP contribution in [0, 0.1) is 0 Å². The second kappa shape index (κ2) is 4.31. The molecule has 0 heterocycles. The third kappa shape index (κ3) is 1.97. The standard InChI is InChI=1S/C11H12N2.ClH/c1-13(12)11-7-6-9-4-2-3-5-10(9)8-11;/h2-8H,12H2,1H3;1H. The first-order valence-electron chi connectivity index (χ1n) is 4.24. The molecule has 14 heavy (non-hydrogen) atoms. The van der Waals surface area contributed by atoms with E-state index in [0.717, 1.165) is 5.69 Å². The molecule has 0 fully saturated rings. The molecular weight excluding hydrogens is 196 g/mol. The predicted octanol–water partition coefficient (Wildman–Crippen LogP) is 2.57. The summed E-state index contributed by atoms with van der Waals surface area (Å²) in [7, 11) is 1.84. The van der Waals surface area contributed by atoms with Crippen molar-refractivity contribution in [3.8, 4) is 0 Å². The number of hydrogen-bond acceptors (Lipinski definition) is 2. The summed E-state index contributed by atoms with van der Waals surface area (Å²) in [5, 5.41) is 4.08. The predicted molar refractivity (Wildman–Crippen MR) is 63.8 cm³/mol. The normalized spacial score (nSPS) is 9.57. The van der Waals surface area contributed by atoms with E-state index in [1.165, 1.54) is 10.8 Å². The van der Waals surface area contributed by atoms with Gasteiger partial charge in [0.25, 0.3) is 0 Å². The van der Waals surface area contributed by atoms with Gasteiger partial charge in [0.05, 0.1) is 5.69 Å². The lowest BCUT2D eigenvalue weighted by Gasteiger charge is -2.12. The van der Waals surface area contributed by atoms with E-state index in [-0.39, 0.29) is 12.4 Å². The fourth-order valence-electron chi connectivity index (χ4n) is 1.40. The Labute approximate surface area is 89.7 Å². The molecule has 2 rings (SSSR count). The maximum absolute atomic E-state index is 5.64. The Balaban J connectivity index is 0.000000980. The van der Waals surface area contributed by atoms with Crippen molar-refractivity contribution in [2.75, 3.05) is 12.1 Å². The smallest absolute Gasteiger partial charge is 0.0520 e. The average Bonchev–Trinajstić information content (AvgIpc) is 2.17. The summed E-state index contributed by atoms with van der Waals surface area (Å²) in [6, 6.07) is 14.4. The van der Waals surface area contributed by atoms with Gasteiger partial charge in [0.15, 0.2) is 0 Å². The Hall–Kier alpha value is -1.25. The maximum atomic E-state index is 5.64. The lowest BCUT2D eigenvalue weighted by atomic mass is 10.1. The van der Waals surface area contributed by atoms with Gasteiger partial charge in [0.1, 0.15) is 0 Å². The summed E-state index contributed by atoms with van der Waals surface area (Å²) in [6.45, 7) is 0. The zero-order valence-corrected chi connectivity index (χ0v) is 8.79. The molecular formula is C11H13ClN2. The van der Waals surface area contributed by atoms with Crippen molar-refractivity contribution in [3.05, 3.63) is 42.5 Å². The Kier molecular flexibility index (Phi) is 3.33. The number of nitrogens with two attached hydrogens (primary N) is 1. The fraction of sp³-hybridized carbons (Fsp3) is 0.0909. The number of benzene rings is 2. The van der Waals surface area contributed by atoms with Crippen molar-refractivity contribution in [2.24, 2.45) is 5.84 Å². The van der Waals surface area contributed by atoms with Gasteiger partial charge in [0.2, 0.25) is 0 Å². The van der Waals surface area contributed by atoms with E-state index in [9.17, 15) is 0 Å². The second-order valence-corrected chi connectivity index (χ2v) is 3.14. The van der Waals surface area contributed by atoms with E-state index in [4.69, 9.17) is 5.84 Å². The van der Waals surface area contributed by atoms with Gasteiger partial charge in [-0.1, -0.05) is 30.3 Å². The summed E-state index contributed by atoms with van der Waals surface area (Å²) in [4.78, 5) is 0. The SMILES string of the molecule is CN(N)c1ccc2ccccc2c1.Cl. The highest BCUT2D eigenvalue weighted by Crippen LogP contribution is 2.19. The van der Waals surface area contributed by atoms with Crippen LogP contribution in [0.1, 0.15) is 0 Å². The summed E-state index contributed by atoms with van der Waals surface area (Å²) in [5.41, 5.74) is 1.03. The van der Waals surface area contributed by atoms with Crippen molar-refractivity contribution in [2.45, 2.75) is 0 Å². The van der Waals surface area contributed by atoms with Gasteiger partial charge < -0.3 is 5.01 Å². The van der Waals surface area contributed by atoms with E-state index in [1.807, 2.05) is 25.2 Å². The molecule has 0 saturated heterocycles. The molecule has 0 aliphatic heterocycles. The first-order chi connectivity index (χ1) is 6.27. The number of halogens is 1. The highest BCUT2D eigenvalue weighted by atomic mass is 35.5. The van der Waals surface area contributed by atoms with E-state index in [0.29, 0.717) is 0 Å². The first kappa shape index (κ1) is 10.8. The van der Waals surface area contributed by atoms with E-state index in [1.54, 1.807) is 5.01 Å². The Morgan fingerprint density at radius 2 is 1.64 bits per heavy atom. The first-order valence-corrected chi connectivity index (χ1v) is 4.24. The molecule has 3 heteroatoms. The van der Waals surface area contributed by atoms with Crippen molar-refractivity contribution < 1.29 is 0 Å². The Morgan fingerprint density at radius 1 is 1.00 bits per heavy atom. The van der Waals surface area contributed by atoms with Crippen LogP contribution in [-0.2, 0) is 0 Å². The highest BCUT2D eigenvalue weighted by molar-refractivity contribution is 5.86. The molecule has 0 atom stereocenters. The number of hydrazine groups is 1. The van der Waals surface area contributed by atoms with Gasteiger partial charge in [-0.05, 0) is 22.9 Å². The van der Waals surface area contributed by atoms with Crippen LogP contribution in [0.5, 0.6) is 0 Å². The summed E-state index contributed by atoms with van der Waals surface area (Å²) in [6.07, 6.45) is 0. The fourth-order valence-corrected chi connectivity index (χ4v) is 1.40. The number of hydrogen-bond donors (Lipinski definition) is 1. The topological polar surface area (TPSA) is 29.3 Å². The Morgan fingerprint density at radius 3 is 2.29 bits per heavy atom. The third-order valence-electron chi connectivity index (χ3n) is 2.14. The number of nitrogens with zero attached hydrogens (tertiary/aromatic N) is 1. The van der Waals surface area contributed by atoms with Crippen LogP contribution < -0.4 is 10.9 Å². The van der Waals surface area contributed by atoms with Gasteiger partial charge >= 0.3 is 0 Å². The third-order valence-corrected chi connectivity index (χ3v) is 2.14. The monoisotopic (exact) mass is 208 g/mol. The van der Waals surface area contributed by atoms with E-state index < -0.39 is 0 Å². The van der Waals surface area contributed by atoms with Crippen molar-refractivity contribution in [1.29, 1.82) is 0 Å². The minimum Gasteiger partial charge on any atom is -0.314 e. The van der Waals surface area contributed by atoms with Gasteiger partial charge in [-0.2, -0.15) is 0 Å².